The topological polar surface area (TPSA) is 32.3 Å². The van der Waals surface area contributed by atoms with Crippen molar-refractivity contribution in [2.75, 3.05) is 40.0 Å². The van der Waals surface area contributed by atoms with Crippen molar-refractivity contribution in [3.8, 4) is 0 Å². The molecule has 0 heterocycles. The number of nitrogens with zero attached hydrogens (tertiary/aromatic N) is 1. The summed E-state index contributed by atoms with van der Waals surface area (Å²) in [6, 6.07) is 7.82. The Morgan fingerprint density at radius 3 is 2.56 bits per heavy atom. The van der Waals surface area contributed by atoms with E-state index in [0.29, 0.717) is 6.54 Å². The SMILES string of the molecule is CNCCCN(C)CC(=O)c1ccc(SC)cc1. The molecule has 0 aromatic heterocycles. The van der Waals surface area contributed by atoms with E-state index in [0.717, 1.165) is 25.1 Å². The molecule has 0 aliphatic carbocycles. The van der Waals surface area contributed by atoms with Crippen LogP contribution in [0.2, 0.25) is 0 Å². The number of rotatable bonds is 8. The summed E-state index contributed by atoms with van der Waals surface area (Å²) in [7, 11) is 3.93. The summed E-state index contributed by atoms with van der Waals surface area (Å²) in [5, 5.41) is 3.11. The van der Waals surface area contributed by atoms with Gasteiger partial charge in [-0.2, -0.15) is 0 Å². The van der Waals surface area contributed by atoms with Crippen LogP contribution < -0.4 is 5.32 Å². The quantitative estimate of drug-likeness (QED) is 0.444. The molecular formula is C14H22N2OS. The molecule has 3 nitrogen and oxygen atoms in total. The molecule has 100 valence electrons. The van der Waals surface area contributed by atoms with Crippen molar-refractivity contribution in [1.82, 2.24) is 10.2 Å². The summed E-state index contributed by atoms with van der Waals surface area (Å²) in [6.07, 6.45) is 3.10. The molecule has 0 radical (unpaired) electrons. The molecule has 1 aromatic carbocycles. The van der Waals surface area contributed by atoms with Crippen LogP contribution in [0.4, 0.5) is 0 Å². The Labute approximate surface area is 114 Å². The van der Waals surface area contributed by atoms with Crippen molar-refractivity contribution >= 4 is 17.5 Å². The fourth-order valence-corrected chi connectivity index (χ4v) is 2.13. The number of hydrogen-bond acceptors (Lipinski definition) is 4. The molecule has 0 atom stereocenters. The van der Waals surface area contributed by atoms with Crippen LogP contribution >= 0.6 is 11.8 Å². The first kappa shape index (κ1) is 15.2. The molecule has 0 aliphatic heterocycles. The summed E-state index contributed by atoms with van der Waals surface area (Å²) in [5.74, 6) is 0.189. The third-order valence-electron chi connectivity index (χ3n) is 2.79. The summed E-state index contributed by atoms with van der Waals surface area (Å²) in [5.41, 5.74) is 0.799. The van der Waals surface area contributed by atoms with Crippen molar-refractivity contribution in [3.63, 3.8) is 0 Å². The van der Waals surface area contributed by atoms with E-state index in [4.69, 9.17) is 0 Å². The van der Waals surface area contributed by atoms with Gasteiger partial charge in [0, 0.05) is 10.5 Å². The smallest absolute Gasteiger partial charge is 0.176 e. The van der Waals surface area contributed by atoms with Crippen molar-refractivity contribution in [2.45, 2.75) is 11.3 Å². The normalized spacial score (nSPS) is 10.9. The minimum atomic E-state index is 0.189. The highest BCUT2D eigenvalue weighted by Crippen LogP contribution is 2.15. The van der Waals surface area contributed by atoms with Crippen LogP contribution in [0.3, 0.4) is 0 Å². The van der Waals surface area contributed by atoms with Gasteiger partial charge >= 0.3 is 0 Å². The molecule has 0 amide bonds. The van der Waals surface area contributed by atoms with E-state index in [1.165, 1.54) is 4.90 Å². The fourth-order valence-electron chi connectivity index (χ4n) is 1.72. The van der Waals surface area contributed by atoms with Crippen molar-refractivity contribution in [3.05, 3.63) is 29.8 Å². The molecule has 0 saturated heterocycles. The second kappa shape index (κ2) is 8.29. The van der Waals surface area contributed by atoms with Crippen molar-refractivity contribution in [1.29, 1.82) is 0 Å². The number of thioether (sulfide) groups is 1. The molecule has 0 saturated carbocycles. The molecule has 0 fully saturated rings. The maximum Gasteiger partial charge on any atom is 0.176 e. The third kappa shape index (κ3) is 5.21. The van der Waals surface area contributed by atoms with E-state index in [9.17, 15) is 4.79 Å². The average Bonchev–Trinajstić information content (AvgIpc) is 2.39. The monoisotopic (exact) mass is 266 g/mol. The third-order valence-corrected chi connectivity index (χ3v) is 3.54. The molecule has 0 bridgehead atoms. The predicted octanol–water partition coefficient (Wildman–Crippen LogP) is 2.13. The fraction of sp³-hybridized carbons (Fsp3) is 0.500. The Morgan fingerprint density at radius 1 is 1.33 bits per heavy atom. The summed E-state index contributed by atoms with van der Waals surface area (Å²) in [6.45, 7) is 2.42. The molecular weight excluding hydrogens is 244 g/mol. The Morgan fingerprint density at radius 2 is 2.00 bits per heavy atom. The summed E-state index contributed by atoms with van der Waals surface area (Å²) in [4.78, 5) is 15.3. The van der Waals surface area contributed by atoms with Gasteiger partial charge in [0.05, 0.1) is 6.54 Å². The Hall–Kier alpha value is -0.840. The highest BCUT2D eigenvalue weighted by molar-refractivity contribution is 7.98. The number of hydrogen-bond donors (Lipinski definition) is 1. The van der Waals surface area contributed by atoms with Gasteiger partial charge in [-0.3, -0.25) is 9.69 Å². The van der Waals surface area contributed by atoms with Gasteiger partial charge in [-0.1, -0.05) is 12.1 Å². The maximum absolute atomic E-state index is 12.0. The van der Waals surface area contributed by atoms with E-state index in [-0.39, 0.29) is 5.78 Å². The van der Waals surface area contributed by atoms with Crippen LogP contribution in [0.15, 0.2) is 29.2 Å². The highest BCUT2D eigenvalue weighted by Gasteiger charge is 2.08. The van der Waals surface area contributed by atoms with Crippen LogP contribution in [0.1, 0.15) is 16.8 Å². The lowest BCUT2D eigenvalue weighted by Gasteiger charge is -2.15. The summed E-state index contributed by atoms with van der Waals surface area (Å²) >= 11 is 1.69. The van der Waals surface area contributed by atoms with Gasteiger partial charge in [0.2, 0.25) is 0 Å². The average molecular weight is 266 g/mol. The van der Waals surface area contributed by atoms with Crippen LogP contribution in [0.25, 0.3) is 0 Å². The van der Waals surface area contributed by atoms with E-state index >= 15 is 0 Å². The molecule has 0 aliphatic rings. The Kier molecular flexibility index (Phi) is 7.01. The van der Waals surface area contributed by atoms with E-state index in [2.05, 4.69) is 10.2 Å². The molecule has 1 aromatic rings. The zero-order valence-electron chi connectivity index (χ0n) is 11.4. The van der Waals surface area contributed by atoms with Gasteiger partial charge in [0.15, 0.2) is 5.78 Å². The number of carbonyl (C=O) groups is 1. The van der Waals surface area contributed by atoms with Gasteiger partial charge in [-0.05, 0) is 52.0 Å². The largest absolute Gasteiger partial charge is 0.320 e. The van der Waals surface area contributed by atoms with Crippen LogP contribution in [-0.2, 0) is 0 Å². The van der Waals surface area contributed by atoms with Crippen LogP contribution in [-0.4, -0.2) is 50.7 Å². The Balaban J connectivity index is 2.43. The number of nitrogens with one attached hydrogen (secondary N) is 1. The molecule has 4 heteroatoms. The van der Waals surface area contributed by atoms with E-state index in [1.54, 1.807) is 11.8 Å². The zero-order chi connectivity index (χ0) is 13.4. The number of ketones is 1. The van der Waals surface area contributed by atoms with Gasteiger partial charge in [-0.25, -0.2) is 0 Å². The molecule has 0 unspecified atom stereocenters. The molecule has 18 heavy (non-hydrogen) atoms. The van der Waals surface area contributed by atoms with Crippen LogP contribution in [0, 0.1) is 0 Å². The van der Waals surface area contributed by atoms with E-state index < -0.39 is 0 Å². The van der Waals surface area contributed by atoms with Gasteiger partial charge in [-0.15, -0.1) is 11.8 Å². The summed E-state index contributed by atoms with van der Waals surface area (Å²) < 4.78 is 0. The predicted molar refractivity (Wildman–Crippen MR) is 78.6 cm³/mol. The lowest BCUT2D eigenvalue weighted by molar-refractivity contribution is 0.0946. The maximum atomic E-state index is 12.0. The molecule has 0 spiro atoms. The first-order valence-corrected chi connectivity index (χ1v) is 7.40. The second-order valence-corrected chi connectivity index (χ2v) is 5.23. The first-order valence-electron chi connectivity index (χ1n) is 6.17. The molecule has 1 rings (SSSR count). The lowest BCUT2D eigenvalue weighted by Crippen LogP contribution is -2.28. The lowest BCUT2D eigenvalue weighted by atomic mass is 10.1. The standard InChI is InChI=1S/C14H22N2OS/c1-15-9-4-10-16(2)11-14(17)12-5-7-13(18-3)8-6-12/h5-8,15H,4,9-11H2,1-3H3. The number of benzene rings is 1. The number of carbonyl (C=O) groups excluding carboxylic acids is 1. The second-order valence-electron chi connectivity index (χ2n) is 4.35. The molecule has 1 N–H and O–H groups in total. The first-order chi connectivity index (χ1) is 8.67. The van der Waals surface area contributed by atoms with Crippen molar-refractivity contribution in [2.24, 2.45) is 0 Å². The number of Topliss-reactive ketones (excluding diaryl/α,β-unsaturated/α-hetero) is 1. The van der Waals surface area contributed by atoms with E-state index in [1.807, 2.05) is 44.6 Å². The van der Waals surface area contributed by atoms with Crippen LogP contribution in [0.5, 0.6) is 0 Å². The Bertz CT molecular complexity index is 365. The minimum Gasteiger partial charge on any atom is -0.320 e. The zero-order valence-corrected chi connectivity index (χ0v) is 12.2. The van der Waals surface area contributed by atoms with Gasteiger partial charge < -0.3 is 5.32 Å². The highest BCUT2D eigenvalue weighted by atomic mass is 32.2. The van der Waals surface area contributed by atoms with Gasteiger partial charge in [0.1, 0.15) is 0 Å². The minimum absolute atomic E-state index is 0.189. The number of likely N-dealkylation sites (N-methyl/N-ethyl adjacent to an activating group) is 1. The van der Waals surface area contributed by atoms with Gasteiger partial charge in [0.25, 0.3) is 0 Å². The van der Waals surface area contributed by atoms with Crippen molar-refractivity contribution < 1.29 is 4.79 Å².